The van der Waals surface area contributed by atoms with E-state index in [1.165, 1.54) is 125 Å². The summed E-state index contributed by atoms with van der Waals surface area (Å²) < 4.78 is 0. The number of fused-ring (bicyclic) bond motifs is 3. The Bertz CT molecular complexity index is 2960. The van der Waals surface area contributed by atoms with Crippen molar-refractivity contribution in [2.45, 2.75) is 37.0 Å². The maximum Gasteiger partial charge on any atom is 0.141 e. The molecule has 0 saturated heterocycles. The van der Waals surface area contributed by atoms with Crippen molar-refractivity contribution in [3.8, 4) is 0 Å². The van der Waals surface area contributed by atoms with Gasteiger partial charge in [0.2, 0.25) is 0 Å². The molecule has 2 nitrogen and oxygen atoms in total. The summed E-state index contributed by atoms with van der Waals surface area (Å²) >= 11 is 0. The predicted molar refractivity (Wildman–Crippen MR) is 177 cm³/mol. The van der Waals surface area contributed by atoms with Gasteiger partial charge in [0.05, 0.1) is 5.92 Å². The van der Waals surface area contributed by atoms with Gasteiger partial charge in [0.25, 0.3) is 0 Å². The molecule has 0 spiro atoms. The normalized spacial score (nSPS) is 22.0. The quantitative estimate of drug-likeness (QED) is 0.166. The molecule has 0 bridgehead atoms. The van der Waals surface area contributed by atoms with Crippen LogP contribution >= 0.6 is 0 Å². The van der Waals surface area contributed by atoms with Crippen molar-refractivity contribution < 1.29 is 4.79 Å². The van der Waals surface area contributed by atoms with Crippen molar-refractivity contribution >= 4 is 97.7 Å². The van der Waals surface area contributed by atoms with Crippen LogP contribution < -0.4 is 5.73 Å². The summed E-state index contributed by atoms with van der Waals surface area (Å²) in [6.45, 7) is 0. The molecule has 3 unspecified atom stereocenters. The number of nitrogens with two attached hydrogens (primary N) is 1. The van der Waals surface area contributed by atoms with Gasteiger partial charge in [0, 0.05) is 18.0 Å². The Morgan fingerprint density at radius 1 is 0.512 bits per heavy atom. The highest BCUT2D eigenvalue weighted by Crippen LogP contribution is 2.67. The number of hydrogen-bond acceptors (Lipinski definition) is 2. The molecule has 1 fully saturated rings. The third kappa shape index (κ3) is 1.73. The lowest BCUT2D eigenvalue weighted by molar-refractivity contribution is -0.118. The number of benzene rings is 8. The van der Waals surface area contributed by atoms with Crippen molar-refractivity contribution in [1.82, 2.24) is 0 Å². The standard InChI is InChI=1S/C41H21NO/c42-21-5-3-14(4-6-21)22-13-25(43)33-24-12-20-10-18-8-16-2-1-15-7-17-9-19-11-23(32(22)33)34-35(24)39-31(20)29(18)37-27(16)26(15)36-28(17)30(19)38(34)41(39)40(36)37/h1-8,11-12,22,32-33H,9-10,13,42H2. The van der Waals surface area contributed by atoms with Gasteiger partial charge in [0.15, 0.2) is 0 Å². The summed E-state index contributed by atoms with van der Waals surface area (Å²) in [4.78, 5) is 14.3. The Morgan fingerprint density at radius 2 is 1.00 bits per heavy atom. The Balaban J connectivity index is 1.31. The highest BCUT2D eigenvalue weighted by Gasteiger charge is 2.50. The van der Waals surface area contributed by atoms with Gasteiger partial charge in [-0.3, -0.25) is 4.79 Å². The van der Waals surface area contributed by atoms with Crippen LogP contribution in [-0.4, -0.2) is 5.78 Å². The Hall–Kier alpha value is -4.95. The van der Waals surface area contributed by atoms with Crippen molar-refractivity contribution in [2.24, 2.45) is 0 Å². The molecule has 0 radical (unpaired) electrons. The number of Topliss-reactive ketones (excluding diaryl/α,β-unsaturated/α-hetero) is 1. The zero-order valence-corrected chi connectivity index (χ0v) is 23.1. The van der Waals surface area contributed by atoms with E-state index in [1.807, 2.05) is 12.1 Å². The summed E-state index contributed by atoms with van der Waals surface area (Å²) in [7, 11) is 0. The summed E-state index contributed by atoms with van der Waals surface area (Å²) in [6.07, 6.45) is 2.56. The average Bonchev–Trinajstić information content (AvgIpc) is 3.80. The van der Waals surface area contributed by atoms with Crippen molar-refractivity contribution in [2.75, 3.05) is 5.73 Å². The van der Waals surface area contributed by atoms with Crippen LogP contribution in [0, 0.1) is 0 Å². The van der Waals surface area contributed by atoms with Crippen LogP contribution in [0.4, 0.5) is 5.69 Å². The van der Waals surface area contributed by atoms with E-state index in [4.69, 9.17) is 5.73 Å². The van der Waals surface area contributed by atoms with E-state index < -0.39 is 0 Å². The summed E-state index contributed by atoms with van der Waals surface area (Å²) in [5.74, 6) is 0.663. The maximum absolute atomic E-state index is 14.3. The Kier molecular flexibility index (Phi) is 2.65. The molecular weight excluding hydrogens is 522 g/mol. The minimum atomic E-state index is -0.0810. The van der Waals surface area contributed by atoms with E-state index in [-0.39, 0.29) is 17.8 Å². The first-order chi connectivity index (χ1) is 21.2. The average molecular weight is 544 g/mol. The fraction of sp³-hybridized carbons (Fsp3) is 0.146. The van der Waals surface area contributed by atoms with E-state index in [0.29, 0.717) is 12.2 Å². The number of hydrogen-bond donors (Lipinski definition) is 1. The van der Waals surface area contributed by atoms with E-state index in [9.17, 15) is 4.79 Å². The number of ketones is 1. The zero-order valence-electron chi connectivity index (χ0n) is 23.1. The molecule has 1 saturated carbocycles. The molecule has 10 aromatic rings. The van der Waals surface area contributed by atoms with Crippen molar-refractivity contribution in [1.29, 1.82) is 0 Å². The third-order valence-corrected chi connectivity index (χ3v) is 12.8. The van der Waals surface area contributed by atoms with Crippen LogP contribution in [-0.2, 0) is 17.6 Å². The molecule has 0 heterocycles. The minimum Gasteiger partial charge on any atom is -0.399 e. The summed E-state index contributed by atoms with van der Waals surface area (Å²) in [5.41, 5.74) is 16.8. The Morgan fingerprint density at radius 3 is 1.60 bits per heavy atom. The first-order valence-electron chi connectivity index (χ1n) is 15.8. The summed E-state index contributed by atoms with van der Waals surface area (Å²) in [6, 6.07) is 23.2. The fourth-order valence-electron chi connectivity index (χ4n) is 11.7. The molecule has 3 atom stereocenters. The maximum atomic E-state index is 14.3. The van der Waals surface area contributed by atoms with Crippen molar-refractivity contribution in [3.05, 3.63) is 99.6 Å². The number of nitrogen functional groups attached to an aromatic ring is 1. The molecule has 0 amide bonds. The molecule has 43 heavy (non-hydrogen) atoms. The molecule has 2 heteroatoms. The monoisotopic (exact) mass is 543 g/mol. The second kappa shape index (κ2) is 5.68. The third-order valence-electron chi connectivity index (χ3n) is 12.8. The largest absolute Gasteiger partial charge is 0.399 e. The Labute approximate surface area is 244 Å². The molecule has 0 aliphatic heterocycles. The summed E-state index contributed by atoms with van der Waals surface area (Å²) in [5, 5.41) is 23.7. The van der Waals surface area contributed by atoms with Gasteiger partial charge in [-0.1, -0.05) is 48.5 Å². The zero-order chi connectivity index (χ0) is 27.4. The highest BCUT2D eigenvalue weighted by molar-refractivity contribution is 6.58. The van der Waals surface area contributed by atoms with Crippen LogP contribution in [0.15, 0.2) is 60.7 Å². The first-order valence-corrected chi connectivity index (χ1v) is 15.8. The van der Waals surface area contributed by atoms with Crippen LogP contribution in [0.1, 0.15) is 63.1 Å². The lowest BCUT2D eigenvalue weighted by Crippen LogP contribution is -2.18. The molecule has 0 aromatic heterocycles. The van der Waals surface area contributed by atoms with E-state index in [0.717, 1.165) is 18.5 Å². The minimum absolute atomic E-state index is 0.0810. The number of rotatable bonds is 1. The van der Waals surface area contributed by atoms with Gasteiger partial charge in [-0.25, -0.2) is 0 Å². The van der Waals surface area contributed by atoms with Crippen LogP contribution in [0.5, 0.6) is 0 Å². The first kappa shape index (κ1) is 20.0. The van der Waals surface area contributed by atoms with E-state index in [2.05, 4.69) is 48.5 Å². The molecule has 2 N–H and O–H groups in total. The van der Waals surface area contributed by atoms with Crippen molar-refractivity contribution in [3.63, 3.8) is 0 Å². The van der Waals surface area contributed by atoms with Gasteiger partial charge >= 0.3 is 0 Å². The lowest BCUT2D eigenvalue weighted by atomic mass is 9.71. The van der Waals surface area contributed by atoms with Crippen LogP contribution in [0.2, 0.25) is 0 Å². The van der Waals surface area contributed by atoms with E-state index in [1.54, 1.807) is 0 Å². The number of carbonyl (C=O) groups excluding carboxylic acids is 1. The predicted octanol–water partition coefficient (Wildman–Crippen LogP) is 9.43. The highest BCUT2D eigenvalue weighted by atomic mass is 16.1. The number of carbonyl (C=O) groups is 1. The van der Waals surface area contributed by atoms with Crippen LogP contribution in [0.3, 0.4) is 0 Å². The molecule has 196 valence electrons. The molecule has 10 aromatic carbocycles. The molecular formula is C41H21NO. The lowest BCUT2D eigenvalue weighted by Gasteiger charge is -2.31. The van der Waals surface area contributed by atoms with Crippen LogP contribution in [0.25, 0.3) is 86.2 Å². The second-order valence-electron chi connectivity index (χ2n) is 14.4. The fourth-order valence-corrected chi connectivity index (χ4v) is 11.7. The second-order valence-corrected chi connectivity index (χ2v) is 14.4. The van der Waals surface area contributed by atoms with Gasteiger partial charge in [-0.2, -0.15) is 0 Å². The van der Waals surface area contributed by atoms with Gasteiger partial charge in [-0.05, 0) is 156 Å². The molecule has 4 aliphatic rings. The van der Waals surface area contributed by atoms with Gasteiger partial charge in [-0.15, -0.1) is 0 Å². The SMILES string of the molecule is Nc1ccc(C2CC(=O)C3c4cc5c6c7c(cc8ccc9cc%10c%11c%12c(cc(c%13c4c6c(c%13%12)c4c7c8c9c%114)C23)C%10)C5)cc1. The topological polar surface area (TPSA) is 43.1 Å². The molecule has 4 aliphatic carbocycles. The van der Waals surface area contributed by atoms with Gasteiger partial charge < -0.3 is 5.73 Å². The smallest absolute Gasteiger partial charge is 0.141 e. The van der Waals surface area contributed by atoms with Gasteiger partial charge in [0.1, 0.15) is 5.78 Å². The molecule has 14 rings (SSSR count). The van der Waals surface area contributed by atoms with E-state index >= 15 is 0 Å². The number of anilines is 1.